The highest BCUT2D eigenvalue weighted by atomic mass is 32.2. The molecule has 0 fully saturated rings. The minimum absolute atomic E-state index is 0.0220. The Kier molecular flexibility index (Phi) is 4.28. The fourth-order valence-corrected chi connectivity index (χ4v) is 2.85. The molecule has 0 aromatic heterocycles. The monoisotopic (exact) mass is 287 g/mol. The van der Waals surface area contributed by atoms with Gasteiger partial charge in [0.25, 0.3) is 0 Å². The van der Waals surface area contributed by atoms with E-state index in [4.69, 9.17) is 8.92 Å². The van der Waals surface area contributed by atoms with Crippen molar-refractivity contribution in [3.05, 3.63) is 23.8 Å². The molecular formula is C12H17NO5S. The van der Waals surface area contributed by atoms with Crippen LogP contribution < -0.4 is 14.2 Å². The Balaban J connectivity index is 2.14. The molecule has 0 aliphatic carbocycles. The fourth-order valence-electron chi connectivity index (χ4n) is 1.85. The highest BCUT2D eigenvalue weighted by Crippen LogP contribution is 2.35. The van der Waals surface area contributed by atoms with Gasteiger partial charge in [0.15, 0.2) is 11.5 Å². The number of aliphatic hydroxyl groups excluding tert-OH is 1. The molecule has 1 aromatic carbocycles. The maximum atomic E-state index is 11.5. The molecular weight excluding hydrogens is 270 g/mol. The van der Waals surface area contributed by atoms with Crippen LogP contribution in [0.15, 0.2) is 18.2 Å². The van der Waals surface area contributed by atoms with Gasteiger partial charge in [-0.25, -0.2) is 0 Å². The molecule has 106 valence electrons. The van der Waals surface area contributed by atoms with Crippen molar-refractivity contribution in [3.8, 4) is 11.5 Å². The summed E-state index contributed by atoms with van der Waals surface area (Å²) in [6.45, 7) is 0.467. The molecule has 0 saturated carbocycles. The quantitative estimate of drug-likeness (QED) is 0.736. The van der Waals surface area contributed by atoms with Crippen molar-refractivity contribution in [2.24, 2.45) is 0 Å². The van der Waals surface area contributed by atoms with E-state index in [-0.39, 0.29) is 18.1 Å². The predicted octanol–water partition coefficient (Wildman–Crippen LogP) is -0.0896. The summed E-state index contributed by atoms with van der Waals surface area (Å²) in [4.78, 5) is 0. The van der Waals surface area contributed by atoms with E-state index in [1.165, 1.54) is 0 Å². The van der Waals surface area contributed by atoms with Crippen LogP contribution >= 0.6 is 0 Å². The van der Waals surface area contributed by atoms with E-state index in [9.17, 15) is 13.5 Å². The number of nitrogens with one attached hydrogen (secondary N) is 1. The summed E-state index contributed by atoms with van der Waals surface area (Å²) < 4.78 is 33.4. The maximum Gasteiger partial charge on any atom is 0.309 e. The number of aryl methyl sites for hydroxylation is 1. The summed E-state index contributed by atoms with van der Waals surface area (Å²) in [6.07, 6.45) is -0.255. The lowest BCUT2D eigenvalue weighted by atomic mass is 10.1. The number of para-hydroxylation sites is 1. The zero-order valence-corrected chi connectivity index (χ0v) is 11.4. The number of rotatable bonds is 5. The lowest BCUT2D eigenvalue weighted by Gasteiger charge is -2.20. The Hall–Kier alpha value is -1.31. The van der Waals surface area contributed by atoms with Gasteiger partial charge >= 0.3 is 10.1 Å². The first-order valence-corrected chi connectivity index (χ1v) is 7.59. The first-order valence-electron chi connectivity index (χ1n) is 6.01. The van der Waals surface area contributed by atoms with Gasteiger partial charge in [-0.3, -0.25) is 0 Å². The van der Waals surface area contributed by atoms with Crippen molar-refractivity contribution in [3.63, 3.8) is 0 Å². The van der Waals surface area contributed by atoms with Crippen LogP contribution in [0, 0.1) is 0 Å². The van der Waals surface area contributed by atoms with Crippen LogP contribution in [-0.2, 0) is 16.5 Å². The summed E-state index contributed by atoms with van der Waals surface area (Å²) in [6, 6.07) is 5.21. The Morgan fingerprint density at radius 1 is 1.53 bits per heavy atom. The second kappa shape index (κ2) is 5.77. The Morgan fingerprint density at radius 3 is 3.05 bits per heavy atom. The molecule has 7 heteroatoms. The molecule has 2 rings (SSSR count). The molecule has 1 heterocycles. The van der Waals surface area contributed by atoms with Crippen molar-refractivity contribution < 1.29 is 22.4 Å². The molecule has 1 unspecified atom stereocenters. The second-order valence-electron chi connectivity index (χ2n) is 4.36. The summed E-state index contributed by atoms with van der Waals surface area (Å²) in [7, 11) is -1.80. The van der Waals surface area contributed by atoms with Crippen LogP contribution in [0.5, 0.6) is 11.5 Å². The zero-order valence-electron chi connectivity index (χ0n) is 10.6. The standard InChI is InChI=1S/C12H17NO5S/c1-13-7-10(14)8-17-11-4-2-3-9-5-6-19(15,16)18-12(9)11/h2-4,10,13-14H,5-8H2,1H3. The highest BCUT2D eigenvalue weighted by molar-refractivity contribution is 7.87. The first-order chi connectivity index (χ1) is 9.02. The predicted molar refractivity (Wildman–Crippen MR) is 70.0 cm³/mol. The zero-order chi connectivity index (χ0) is 13.9. The van der Waals surface area contributed by atoms with Crippen LogP contribution in [-0.4, -0.2) is 45.6 Å². The van der Waals surface area contributed by atoms with Gasteiger partial charge in [-0.05, 0) is 19.5 Å². The molecule has 0 radical (unpaired) electrons. The minimum atomic E-state index is -3.52. The van der Waals surface area contributed by atoms with Gasteiger partial charge in [0.1, 0.15) is 12.7 Å². The topological polar surface area (TPSA) is 84.9 Å². The van der Waals surface area contributed by atoms with Gasteiger partial charge < -0.3 is 19.3 Å². The van der Waals surface area contributed by atoms with Gasteiger partial charge in [0, 0.05) is 12.1 Å². The van der Waals surface area contributed by atoms with Crippen molar-refractivity contribution in [1.29, 1.82) is 0 Å². The average molecular weight is 287 g/mol. The van der Waals surface area contributed by atoms with Crippen molar-refractivity contribution in [2.45, 2.75) is 12.5 Å². The summed E-state index contributed by atoms with van der Waals surface area (Å²) >= 11 is 0. The minimum Gasteiger partial charge on any atom is -0.487 e. The molecule has 1 atom stereocenters. The SMILES string of the molecule is CNCC(O)COc1cccc2c1OS(=O)(=O)CC2. The number of hydrogen-bond donors (Lipinski definition) is 2. The Morgan fingerprint density at radius 2 is 2.32 bits per heavy atom. The lowest BCUT2D eigenvalue weighted by Crippen LogP contribution is -2.29. The number of ether oxygens (including phenoxy) is 1. The van der Waals surface area contributed by atoms with Crippen LogP contribution in [0.1, 0.15) is 5.56 Å². The summed E-state index contributed by atoms with van der Waals surface area (Å²) in [5, 5.41) is 12.4. The molecule has 2 N–H and O–H groups in total. The van der Waals surface area contributed by atoms with E-state index in [0.717, 1.165) is 5.56 Å². The van der Waals surface area contributed by atoms with Crippen LogP contribution in [0.25, 0.3) is 0 Å². The van der Waals surface area contributed by atoms with Gasteiger partial charge in [-0.15, -0.1) is 0 Å². The molecule has 0 bridgehead atoms. The van der Waals surface area contributed by atoms with E-state index in [0.29, 0.717) is 18.7 Å². The van der Waals surface area contributed by atoms with Crippen molar-refractivity contribution in [2.75, 3.05) is 26.0 Å². The van der Waals surface area contributed by atoms with Gasteiger partial charge in [0.2, 0.25) is 0 Å². The molecule has 1 aliphatic rings. The number of fused-ring (bicyclic) bond motifs is 1. The molecule has 0 saturated heterocycles. The van der Waals surface area contributed by atoms with Crippen molar-refractivity contribution in [1.82, 2.24) is 5.32 Å². The van der Waals surface area contributed by atoms with E-state index in [2.05, 4.69) is 5.32 Å². The molecule has 1 aromatic rings. The number of aliphatic hydroxyl groups is 1. The maximum absolute atomic E-state index is 11.5. The third-order valence-electron chi connectivity index (χ3n) is 2.76. The normalized spacial score (nSPS) is 18.2. The highest BCUT2D eigenvalue weighted by Gasteiger charge is 2.25. The van der Waals surface area contributed by atoms with Crippen molar-refractivity contribution >= 4 is 10.1 Å². The third kappa shape index (κ3) is 3.59. The Bertz CT molecular complexity index is 543. The van der Waals surface area contributed by atoms with Crippen LogP contribution in [0.3, 0.4) is 0 Å². The Labute approximate surface area is 112 Å². The molecule has 19 heavy (non-hydrogen) atoms. The fraction of sp³-hybridized carbons (Fsp3) is 0.500. The third-order valence-corrected chi connectivity index (χ3v) is 3.89. The largest absolute Gasteiger partial charge is 0.487 e. The number of hydrogen-bond acceptors (Lipinski definition) is 6. The van der Waals surface area contributed by atoms with E-state index < -0.39 is 16.2 Å². The molecule has 0 spiro atoms. The van der Waals surface area contributed by atoms with E-state index in [1.54, 1.807) is 25.2 Å². The van der Waals surface area contributed by atoms with Gasteiger partial charge in [0.05, 0.1) is 5.75 Å². The second-order valence-corrected chi connectivity index (χ2v) is 6.05. The lowest BCUT2D eigenvalue weighted by molar-refractivity contribution is 0.107. The van der Waals surface area contributed by atoms with Crippen LogP contribution in [0.2, 0.25) is 0 Å². The van der Waals surface area contributed by atoms with Gasteiger partial charge in [-0.1, -0.05) is 12.1 Å². The number of benzene rings is 1. The number of likely N-dealkylation sites (N-methyl/N-ethyl adjacent to an activating group) is 1. The smallest absolute Gasteiger partial charge is 0.309 e. The molecule has 1 aliphatic heterocycles. The van der Waals surface area contributed by atoms with Gasteiger partial charge in [-0.2, -0.15) is 8.42 Å². The average Bonchev–Trinajstić information content (AvgIpc) is 2.36. The summed E-state index contributed by atoms with van der Waals surface area (Å²) in [5.74, 6) is 0.563. The van der Waals surface area contributed by atoms with E-state index in [1.807, 2.05) is 0 Å². The first kappa shape index (κ1) is 14.1. The molecule has 6 nitrogen and oxygen atoms in total. The summed E-state index contributed by atoms with van der Waals surface area (Å²) in [5.41, 5.74) is 0.801. The van der Waals surface area contributed by atoms with Crippen LogP contribution in [0.4, 0.5) is 0 Å². The van der Waals surface area contributed by atoms with E-state index >= 15 is 0 Å². The molecule has 0 amide bonds.